The van der Waals surface area contributed by atoms with E-state index in [0.717, 1.165) is 12.8 Å². The number of hydrogen-bond donors (Lipinski definition) is 2. The Morgan fingerprint density at radius 2 is 1.33 bits per heavy atom. The summed E-state index contributed by atoms with van der Waals surface area (Å²) in [7, 11) is 0. The molecular weight excluding hydrogens is 324 g/mol. The molecule has 0 rings (SSSR count). The maximum Gasteiger partial charge on any atom is 0.326 e. The monoisotopic (exact) mass is 359 g/mol. The van der Waals surface area contributed by atoms with Crippen LogP contribution in [0.5, 0.6) is 0 Å². The van der Waals surface area contributed by atoms with Crippen LogP contribution in [0.15, 0.2) is 0 Å². The summed E-state index contributed by atoms with van der Waals surface area (Å²) in [5.74, 6) is -0.806. The molecular formula is C18H35NNa2O3. The average molecular weight is 359 g/mol. The van der Waals surface area contributed by atoms with Gasteiger partial charge in [-0.2, -0.15) is 0 Å². The Balaban J connectivity index is -0.00000220. The molecule has 0 fully saturated rings. The van der Waals surface area contributed by atoms with Crippen LogP contribution in [0.2, 0.25) is 0 Å². The minimum Gasteiger partial charge on any atom is -0.480 e. The van der Waals surface area contributed by atoms with Crippen molar-refractivity contribution in [3.8, 4) is 0 Å². The normalized spacial score (nSPS) is 11.3. The van der Waals surface area contributed by atoms with Gasteiger partial charge in [-0.3, -0.25) is 4.79 Å². The van der Waals surface area contributed by atoms with Gasteiger partial charge in [0.15, 0.2) is 0 Å². The maximum absolute atomic E-state index is 11.8. The maximum atomic E-state index is 11.8. The average Bonchev–Trinajstić information content (AvgIpc) is 2.44. The summed E-state index contributed by atoms with van der Waals surface area (Å²) in [6.45, 7) is 6.15. The van der Waals surface area contributed by atoms with Gasteiger partial charge in [-0.15, -0.1) is 0 Å². The van der Waals surface area contributed by atoms with E-state index >= 15 is 0 Å². The van der Waals surface area contributed by atoms with Gasteiger partial charge in [-0.25, -0.2) is 4.79 Å². The fraction of sp³-hybridized carbons (Fsp3) is 0.889. The fourth-order valence-corrected chi connectivity index (χ4v) is 2.56. The van der Waals surface area contributed by atoms with Crippen molar-refractivity contribution in [1.82, 2.24) is 5.32 Å². The SMILES string of the molecule is CCCCCCCCCCCC(=O)N[C@@H](CC(C)C)C(=O)O.[Na].[Na]. The largest absolute Gasteiger partial charge is 0.480 e. The fourth-order valence-electron chi connectivity index (χ4n) is 2.56. The molecule has 24 heavy (non-hydrogen) atoms. The Bertz CT molecular complexity index is 313. The molecule has 0 unspecified atom stereocenters. The minimum atomic E-state index is -0.936. The molecule has 0 aromatic heterocycles. The van der Waals surface area contributed by atoms with E-state index in [2.05, 4.69) is 12.2 Å². The summed E-state index contributed by atoms with van der Waals surface area (Å²) in [6.07, 6.45) is 11.8. The zero-order chi connectivity index (χ0) is 16.8. The zero-order valence-corrected chi connectivity index (χ0v) is 20.7. The van der Waals surface area contributed by atoms with E-state index in [1.165, 1.54) is 44.9 Å². The number of hydrogen-bond acceptors (Lipinski definition) is 2. The summed E-state index contributed by atoms with van der Waals surface area (Å²) < 4.78 is 0. The molecule has 0 heterocycles. The van der Waals surface area contributed by atoms with Gasteiger partial charge in [0.25, 0.3) is 0 Å². The molecule has 0 aromatic rings. The third kappa shape index (κ3) is 19.3. The number of carbonyl (C=O) groups excluding carboxylic acids is 1. The number of carboxylic acids is 1. The van der Waals surface area contributed by atoms with Gasteiger partial charge >= 0.3 is 5.97 Å². The molecule has 0 aliphatic rings. The first kappa shape index (κ1) is 29.7. The molecule has 0 saturated heterocycles. The Kier molecular flexibility index (Phi) is 25.1. The van der Waals surface area contributed by atoms with Crippen LogP contribution in [0, 0.1) is 5.92 Å². The Morgan fingerprint density at radius 1 is 0.875 bits per heavy atom. The Labute approximate surface area is 192 Å². The third-order valence-corrected chi connectivity index (χ3v) is 3.85. The molecule has 0 spiro atoms. The molecule has 0 aliphatic carbocycles. The van der Waals surface area contributed by atoms with Gasteiger partial charge in [0.2, 0.25) is 5.91 Å². The summed E-state index contributed by atoms with van der Waals surface area (Å²) in [5, 5.41) is 11.7. The Hall–Kier alpha value is 0.940. The van der Waals surface area contributed by atoms with Crippen LogP contribution in [0.3, 0.4) is 0 Å². The van der Waals surface area contributed by atoms with Crippen molar-refractivity contribution in [3.05, 3.63) is 0 Å². The van der Waals surface area contributed by atoms with E-state index in [-0.39, 0.29) is 70.9 Å². The second-order valence-electron chi connectivity index (χ2n) is 6.67. The topological polar surface area (TPSA) is 66.4 Å². The number of unbranched alkanes of at least 4 members (excludes halogenated alkanes) is 8. The number of carbonyl (C=O) groups is 2. The zero-order valence-electron chi connectivity index (χ0n) is 16.7. The van der Waals surface area contributed by atoms with E-state index in [4.69, 9.17) is 5.11 Å². The van der Waals surface area contributed by atoms with Crippen molar-refractivity contribution < 1.29 is 14.7 Å². The van der Waals surface area contributed by atoms with Crippen molar-refractivity contribution >= 4 is 71.0 Å². The predicted octanol–water partition coefficient (Wildman–Crippen LogP) is 3.76. The van der Waals surface area contributed by atoms with Crippen molar-refractivity contribution in [1.29, 1.82) is 0 Å². The molecule has 1 atom stereocenters. The van der Waals surface area contributed by atoms with Crippen LogP contribution in [-0.4, -0.2) is 82.1 Å². The summed E-state index contributed by atoms with van der Waals surface area (Å²) in [5.41, 5.74) is 0. The van der Waals surface area contributed by atoms with Crippen LogP contribution in [0.25, 0.3) is 0 Å². The van der Waals surface area contributed by atoms with Crippen molar-refractivity contribution in [2.75, 3.05) is 0 Å². The second-order valence-corrected chi connectivity index (χ2v) is 6.67. The van der Waals surface area contributed by atoms with Crippen LogP contribution >= 0.6 is 0 Å². The van der Waals surface area contributed by atoms with Gasteiger partial charge in [-0.1, -0.05) is 72.1 Å². The van der Waals surface area contributed by atoms with E-state index < -0.39 is 12.0 Å². The number of carboxylic acid groups (broad SMARTS) is 1. The Morgan fingerprint density at radius 3 is 1.75 bits per heavy atom. The van der Waals surface area contributed by atoms with Gasteiger partial charge in [0.1, 0.15) is 6.04 Å². The van der Waals surface area contributed by atoms with E-state index in [0.29, 0.717) is 12.8 Å². The van der Waals surface area contributed by atoms with E-state index in [9.17, 15) is 9.59 Å². The van der Waals surface area contributed by atoms with E-state index in [1.54, 1.807) is 0 Å². The standard InChI is InChI=1S/C18H35NO3.2Na/c1-4-5-6-7-8-9-10-11-12-13-17(20)19-16(18(21)22)14-15(2)3;;/h15-16H,4-14H2,1-3H3,(H,19,20)(H,21,22);;/t16-;;/m0../s1. The number of amides is 1. The predicted molar refractivity (Wildman–Crippen MR) is 102 cm³/mol. The van der Waals surface area contributed by atoms with Gasteiger partial charge in [0, 0.05) is 65.5 Å². The van der Waals surface area contributed by atoms with E-state index in [1.807, 2.05) is 13.8 Å². The van der Waals surface area contributed by atoms with Crippen LogP contribution in [0.4, 0.5) is 0 Å². The molecule has 2 radical (unpaired) electrons. The van der Waals surface area contributed by atoms with Gasteiger partial charge in [0.05, 0.1) is 0 Å². The third-order valence-electron chi connectivity index (χ3n) is 3.85. The molecule has 1 amide bonds. The quantitative estimate of drug-likeness (QED) is 0.367. The summed E-state index contributed by atoms with van der Waals surface area (Å²) in [6, 6.07) is -0.744. The van der Waals surface area contributed by atoms with Crippen molar-refractivity contribution in [3.63, 3.8) is 0 Å². The first-order valence-electron chi connectivity index (χ1n) is 8.99. The van der Waals surface area contributed by atoms with Gasteiger partial charge in [-0.05, 0) is 18.8 Å². The molecule has 0 aliphatic heterocycles. The van der Waals surface area contributed by atoms with Gasteiger partial charge < -0.3 is 10.4 Å². The first-order valence-corrected chi connectivity index (χ1v) is 8.99. The molecule has 0 saturated carbocycles. The molecule has 0 bridgehead atoms. The second kappa shape index (κ2) is 20.3. The number of rotatable bonds is 14. The minimum absolute atomic E-state index is 0. The number of aliphatic carboxylic acids is 1. The first-order chi connectivity index (χ1) is 10.5. The molecule has 2 N–H and O–H groups in total. The number of nitrogens with one attached hydrogen (secondary N) is 1. The smallest absolute Gasteiger partial charge is 0.326 e. The molecule has 6 heteroatoms. The van der Waals surface area contributed by atoms with Crippen molar-refractivity contribution in [2.45, 2.75) is 97.4 Å². The molecule has 132 valence electrons. The van der Waals surface area contributed by atoms with Crippen LogP contribution in [-0.2, 0) is 9.59 Å². The molecule has 0 aromatic carbocycles. The van der Waals surface area contributed by atoms with Crippen LogP contribution < -0.4 is 5.32 Å². The molecule has 4 nitrogen and oxygen atoms in total. The summed E-state index contributed by atoms with van der Waals surface area (Å²) >= 11 is 0. The van der Waals surface area contributed by atoms with Crippen molar-refractivity contribution in [2.24, 2.45) is 5.92 Å². The summed E-state index contributed by atoms with van der Waals surface area (Å²) in [4.78, 5) is 22.9. The van der Waals surface area contributed by atoms with Crippen LogP contribution in [0.1, 0.15) is 91.4 Å².